The van der Waals surface area contributed by atoms with Crippen LogP contribution in [-0.4, -0.2) is 50.4 Å². The van der Waals surface area contributed by atoms with Gasteiger partial charge in [-0.1, -0.05) is 48.5 Å². The number of rotatable bonds is 6. The summed E-state index contributed by atoms with van der Waals surface area (Å²) in [7, 11) is 1.50. The van der Waals surface area contributed by atoms with Crippen LogP contribution in [-0.2, 0) is 34.4 Å². The maximum atomic E-state index is 12.7. The molecule has 7 heteroatoms. The molecule has 4 rings (SSSR count). The molecular formula is C23H26O7. The molecule has 0 aliphatic carbocycles. The van der Waals surface area contributed by atoms with Gasteiger partial charge in [0, 0.05) is 19.3 Å². The summed E-state index contributed by atoms with van der Waals surface area (Å²) < 4.78 is 35.8. The summed E-state index contributed by atoms with van der Waals surface area (Å²) in [5, 5.41) is 0. The molecule has 2 aliphatic rings. The molecule has 0 spiro atoms. The zero-order valence-corrected chi connectivity index (χ0v) is 17.2. The topological polar surface area (TPSA) is 72.5 Å². The lowest BCUT2D eigenvalue weighted by Gasteiger charge is -2.39. The highest BCUT2D eigenvalue weighted by Crippen LogP contribution is 2.45. The molecule has 0 radical (unpaired) electrons. The minimum Gasteiger partial charge on any atom is -0.450 e. The molecule has 2 fully saturated rings. The molecule has 2 aromatic rings. The van der Waals surface area contributed by atoms with Gasteiger partial charge in [0.2, 0.25) is 0 Å². The van der Waals surface area contributed by atoms with E-state index in [1.54, 1.807) is 24.3 Å². The number of carbonyl (C=O) groups is 1. The third kappa shape index (κ3) is 3.87. The van der Waals surface area contributed by atoms with Crippen molar-refractivity contribution in [1.29, 1.82) is 0 Å². The van der Waals surface area contributed by atoms with Gasteiger partial charge in [0.1, 0.15) is 12.2 Å². The van der Waals surface area contributed by atoms with Crippen LogP contribution in [0.15, 0.2) is 60.7 Å². The minimum absolute atomic E-state index is 0.363. The van der Waals surface area contributed by atoms with Gasteiger partial charge in [-0.2, -0.15) is 0 Å². The molecule has 2 heterocycles. The van der Waals surface area contributed by atoms with E-state index in [4.69, 9.17) is 28.4 Å². The second-order valence-corrected chi connectivity index (χ2v) is 7.20. The Bertz CT molecular complexity index is 843. The zero-order chi connectivity index (χ0) is 21.1. The Morgan fingerprint density at radius 3 is 2.27 bits per heavy atom. The van der Waals surface area contributed by atoms with Crippen molar-refractivity contribution in [1.82, 2.24) is 0 Å². The summed E-state index contributed by atoms with van der Waals surface area (Å²) >= 11 is 0. The number of esters is 1. The van der Waals surface area contributed by atoms with Gasteiger partial charge in [0.25, 0.3) is 0 Å². The van der Waals surface area contributed by atoms with E-state index in [-0.39, 0.29) is 6.10 Å². The molecule has 0 bridgehead atoms. The van der Waals surface area contributed by atoms with Crippen molar-refractivity contribution < 1.29 is 33.2 Å². The number of methoxy groups -OCH3 is 1. The highest BCUT2D eigenvalue weighted by atomic mass is 16.9. The molecule has 7 nitrogen and oxygen atoms in total. The van der Waals surface area contributed by atoms with Crippen LogP contribution >= 0.6 is 0 Å². The Kier molecular flexibility index (Phi) is 6.17. The molecule has 2 aliphatic heterocycles. The Morgan fingerprint density at radius 2 is 1.63 bits per heavy atom. The lowest BCUT2D eigenvalue weighted by molar-refractivity contribution is -0.355. The van der Waals surface area contributed by atoms with Crippen molar-refractivity contribution >= 4 is 5.97 Å². The maximum absolute atomic E-state index is 12.7. The number of ether oxygens (including phenoxy) is 6. The Labute approximate surface area is 175 Å². The molecule has 0 saturated carbocycles. The lowest BCUT2D eigenvalue weighted by Crippen LogP contribution is -2.57. The second kappa shape index (κ2) is 8.83. The van der Waals surface area contributed by atoms with Crippen LogP contribution in [0.3, 0.4) is 0 Å². The van der Waals surface area contributed by atoms with Gasteiger partial charge in [0.05, 0.1) is 11.7 Å². The molecule has 0 amide bonds. The van der Waals surface area contributed by atoms with Gasteiger partial charge in [-0.25, -0.2) is 4.79 Å². The highest BCUT2D eigenvalue weighted by molar-refractivity contribution is 5.89. The van der Waals surface area contributed by atoms with E-state index in [0.717, 1.165) is 5.56 Å². The maximum Gasteiger partial charge on any atom is 0.338 e. The molecule has 0 aromatic heterocycles. The number of carbonyl (C=O) groups excluding carboxylic acids is 1. The summed E-state index contributed by atoms with van der Waals surface area (Å²) in [6, 6.07) is 18.2. The molecular weight excluding hydrogens is 388 g/mol. The van der Waals surface area contributed by atoms with Crippen molar-refractivity contribution in [2.75, 3.05) is 13.7 Å². The zero-order valence-electron chi connectivity index (χ0n) is 17.2. The minimum atomic E-state index is -1.41. The predicted molar refractivity (Wildman–Crippen MR) is 106 cm³/mol. The molecule has 30 heavy (non-hydrogen) atoms. The quantitative estimate of drug-likeness (QED) is 0.672. The Hall–Kier alpha value is -2.29. The van der Waals surface area contributed by atoms with Crippen molar-refractivity contribution in [3.8, 4) is 0 Å². The molecule has 6 atom stereocenters. The largest absolute Gasteiger partial charge is 0.450 e. The van der Waals surface area contributed by atoms with Crippen molar-refractivity contribution in [3.05, 3.63) is 71.8 Å². The van der Waals surface area contributed by atoms with Crippen LogP contribution in [0.2, 0.25) is 0 Å². The first-order valence-corrected chi connectivity index (χ1v) is 10.1. The summed E-state index contributed by atoms with van der Waals surface area (Å²) in [5.41, 5.74) is 1.15. The van der Waals surface area contributed by atoms with Crippen LogP contribution in [0.1, 0.15) is 29.8 Å². The van der Waals surface area contributed by atoms with E-state index in [2.05, 4.69) is 0 Å². The summed E-state index contributed by atoms with van der Waals surface area (Å²) in [6.07, 6.45) is -3.16. The number of hydrogen-bond acceptors (Lipinski definition) is 7. The van der Waals surface area contributed by atoms with Crippen LogP contribution in [0.5, 0.6) is 0 Å². The van der Waals surface area contributed by atoms with Crippen LogP contribution in [0, 0.1) is 0 Å². The third-order valence-electron chi connectivity index (χ3n) is 5.26. The lowest BCUT2D eigenvalue weighted by atomic mass is 10.00. The van der Waals surface area contributed by atoms with Crippen LogP contribution < -0.4 is 0 Å². The number of hydrogen-bond donors (Lipinski definition) is 0. The molecule has 2 unspecified atom stereocenters. The monoisotopic (exact) mass is 414 g/mol. The molecule has 2 saturated heterocycles. The van der Waals surface area contributed by atoms with Gasteiger partial charge < -0.3 is 28.4 Å². The average Bonchev–Trinajstić information content (AvgIpc) is 3.18. The number of fused-ring (bicyclic) bond motifs is 1. The first-order valence-electron chi connectivity index (χ1n) is 10.1. The van der Waals surface area contributed by atoms with E-state index in [1.807, 2.05) is 50.2 Å². The van der Waals surface area contributed by atoms with Crippen molar-refractivity contribution in [2.45, 2.75) is 50.5 Å². The van der Waals surface area contributed by atoms with E-state index >= 15 is 0 Å². The summed E-state index contributed by atoms with van der Waals surface area (Å²) in [4.78, 5) is 12.7. The van der Waals surface area contributed by atoms with Gasteiger partial charge in [-0.15, -0.1) is 0 Å². The molecule has 160 valence electrons. The second-order valence-electron chi connectivity index (χ2n) is 7.20. The first-order chi connectivity index (χ1) is 14.6. The standard InChI is InChI=1S/C23H26O7/c1-4-26-23(17-13-9-6-10-14-17)29-18-15(2)27-22(25-3)20(19(18)30-23)28-21(24)16-11-7-5-8-12-16/h5-15,18-20,22H,4H2,1-3H3/t15-,18+,19+,20-,22?,23?/m0/s1. The van der Waals surface area contributed by atoms with E-state index in [9.17, 15) is 4.79 Å². The summed E-state index contributed by atoms with van der Waals surface area (Å²) in [6.45, 7) is 4.10. The van der Waals surface area contributed by atoms with Crippen molar-refractivity contribution in [3.63, 3.8) is 0 Å². The highest BCUT2D eigenvalue weighted by Gasteiger charge is 2.60. The predicted octanol–water partition coefficient (Wildman–Crippen LogP) is 3.23. The summed E-state index contributed by atoms with van der Waals surface area (Å²) in [5.74, 6) is -1.90. The van der Waals surface area contributed by atoms with Gasteiger partial charge in [0.15, 0.2) is 12.4 Å². The average molecular weight is 414 g/mol. The fraction of sp³-hybridized carbons (Fsp3) is 0.435. The van der Waals surface area contributed by atoms with Gasteiger partial charge in [-0.05, 0) is 26.0 Å². The smallest absolute Gasteiger partial charge is 0.338 e. The van der Waals surface area contributed by atoms with Crippen molar-refractivity contribution in [2.24, 2.45) is 0 Å². The van der Waals surface area contributed by atoms with E-state index < -0.39 is 36.5 Å². The fourth-order valence-electron chi connectivity index (χ4n) is 3.86. The normalized spacial score (nSPS) is 33.1. The number of benzene rings is 2. The van der Waals surface area contributed by atoms with E-state index in [1.165, 1.54) is 7.11 Å². The Morgan fingerprint density at radius 1 is 1.00 bits per heavy atom. The molecule has 2 aromatic carbocycles. The SMILES string of the molecule is CCOC1(c2ccccc2)O[C@@H]2[C@H](O1)[C@H](C)OC(OC)[C@H]2OC(=O)c1ccccc1. The fourth-order valence-corrected chi connectivity index (χ4v) is 3.86. The third-order valence-corrected chi connectivity index (χ3v) is 5.26. The Balaban J connectivity index is 1.65. The van der Waals surface area contributed by atoms with Crippen LogP contribution in [0.4, 0.5) is 0 Å². The first kappa shape index (κ1) is 21.0. The van der Waals surface area contributed by atoms with Gasteiger partial charge in [-0.3, -0.25) is 0 Å². The van der Waals surface area contributed by atoms with Gasteiger partial charge >= 0.3 is 11.9 Å². The van der Waals surface area contributed by atoms with E-state index in [0.29, 0.717) is 12.2 Å². The molecule has 0 N–H and O–H groups in total. The van der Waals surface area contributed by atoms with Crippen LogP contribution in [0.25, 0.3) is 0 Å².